The molecular formula is C16H14N2O3. The number of ketones is 1. The first-order valence-electron chi connectivity index (χ1n) is 6.64. The van der Waals surface area contributed by atoms with Gasteiger partial charge in [0.25, 0.3) is 5.69 Å². The van der Waals surface area contributed by atoms with Gasteiger partial charge in [-0.05, 0) is 30.3 Å². The number of rotatable bonds is 5. The molecular weight excluding hydrogens is 268 g/mol. The van der Waals surface area contributed by atoms with Crippen molar-refractivity contribution in [1.29, 1.82) is 0 Å². The number of aromatic nitrogens is 2. The van der Waals surface area contributed by atoms with Crippen LogP contribution in [-0.2, 0) is 0 Å². The highest BCUT2D eigenvalue weighted by molar-refractivity contribution is 5.93. The van der Waals surface area contributed by atoms with Crippen LogP contribution in [0.15, 0.2) is 65.5 Å². The highest BCUT2D eigenvalue weighted by Gasteiger charge is 2.25. The Kier molecular flexibility index (Phi) is 3.55. The molecule has 3 aromatic rings. The van der Waals surface area contributed by atoms with E-state index in [1.807, 2.05) is 18.2 Å². The first-order chi connectivity index (χ1) is 10.3. The summed E-state index contributed by atoms with van der Waals surface area (Å²) in [6.45, 7) is 0. The zero-order valence-electron chi connectivity index (χ0n) is 11.2. The molecule has 1 atom stereocenters. The van der Waals surface area contributed by atoms with E-state index in [1.165, 1.54) is 12.3 Å². The number of Topliss-reactive ketones (excluding diaryl/α,β-unsaturated/α-hetero) is 1. The van der Waals surface area contributed by atoms with Gasteiger partial charge in [0.05, 0.1) is 12.2 Å². The molecule has 3 rings (SSSR count). The topological polar surface area (TPSA) is 72.9 Å². The Hall–Kier alpha value is -2.82. The number of H-pyrrole nitrogens is 1. The van der Waals surface area contributed by atoms with Crippen molar-refractivity contribution in [1.82, 2.24) is 4.98 Å². The molecule has 0 saturated carbocycles. The summed E-state index contributed by atoms with van der Waals surface area (Å²) < 4.78 is 6.02. The van der Waals surface area contributed by atoms with Gasteiger partial charge in [0.2, 0.25) is 5.78 Å². The molecule has 0 aliphatic rings. The first-order valence-corrected chi connectivity index (χ1v) is 6.64. The summed E-state index contributed by atoms with van der Waals surface area (Å²) in [5, 5.41) is 11.7. The lowest BCUT2D eigenvalue weighted by Crippen LogP contribution is -2.34. The number of carbonyl (C=O) groups excluding carboxylic acids is 1. The smallest absolute Gasteiger partial charge is 0.259 e. The summed E-state index contributed by atoms with van der Waals surface area (Å²) in [4.78, 5) is 15.5. The number of furan rings is 1. The van der Waals surface area contributed by atoms with E-state index in [-0.39, 0.29) is 23.8 Å². The van der Waals surface area contributed by atoms with Crippen LogP contribution in [0.2, 0.25) is 0 Å². The van der Waals surface area contributed by atoms with Gasteiger partial charge in [-0.25, -0.2) is 0 Å². The predicted molar refractivity (Wildman–Crippen MR) is 75.7 cm³/mol. The number of pyridine rings is 1. The molecule has 0 spiro atoms. The van der Waals surface area contributed by atoms with Crippen molar-refractivity contribution in [2.75, 3.05) is 0 Å². The van der Waals surface area contributed by atoms with Crippen molar-refractivity contribution >= 4 is 5.78 Å². The minimum atomic E-state index is -0.234. The lowest BCUT2D eigenvalue weighted by atomic mass is 9.95. The molecule has 0 bridgehead atoms. The Bertz CT molecular complexity index is 684. The number of nitrogens with one attached hydrogen (secondary N) is 1. The van der Waals surface area contributed by atoms with Gasteiger partial charge >= 0.3 is 0 Å². The molecule has 5 heteroatoms. The van der Waals surface area contributed by atoms with Crippen LogP contribution in [0.5, 0.6) is 0 Å². The molecule has 0 amide bonds. The summed E-state index contributed by atoms with van der Waals surface area (Å²) in [5.41, 5.74) is 1.02. The molecule has 21 heavy (non-hydrogen) atoms. The van der Waals surface area contributed by atoms with E-state index in [9.17, 15) is 10.0 Å². The number of hydrogen-bond acceptors (Lipinski definition) is 3. The number of carbonyl (C=O) groups is 1. The highest BCUT2D eigenvalue weighted by Crippen LogP contribution is 2.28. The number of hydrogen-bond donors (Lipinski definition) is 1. The van der Waals surface area contributed by atoms with E-state index in [0.717, 1.165) is 5.69 Å². The van der Waals surface area contributed by atoms with Gasteiger partial charge in [0, 0.05) is 30.4 Å². The summed E-state index contributed by atoms with van der Waals surface area (Å²) >= 11 is 0. The van der Waals surface area contributed by atoms with Gasteiger partial charge in [0.15, 0.2) is 6.20 Å². The summed E-state index contributed by atoms with van der Waals surface area (Å²) in [5.74, 6) is 0.239. The molecule has 106 valence electrons. The lowest BCUT2D eigenvalue weighted by Gasteiger charge is -2.12. The van der Waals surface area contributed by atoms with Crippen molar-refractivity contribution in [2.24, 2.45) is 0 Å². The van der Waals surface area contributed by atoms with Gasteiger partial charge in [-0.3, -0.25) is 4.79 Å². The normalized spacial score (nSPS) is 12.2. The Morgan fingerprint density at radius 3 is 2.81 bits per heavy atom. The SMILES string of the molecule is O=C(C[C@@H](c1ccc[nH]1)c1ccco1)c1cccc[n+]1[O-]. The lowest BCUT2D eigenvalue weighted by molar-refractivity contribution is -0.607. The van der Waals surface area contributed by atoms with Gasteiger partial charge in [0.1, 0.15) is 5.76 Å². The van der Waals surface area contributed by atoms with E-state index in [1.54, 1.807) is 30.7 Å². The Balaban J connectivity index is 1.89. The third-order valence-corrected chi connectivity index (χ3v) is 3.38. The summed E-state index contributed by atoms with van der Waals surface area (Å²) in [6.07, 6.45) is 4.86. The second kappa shape index (κ2) is 5.66. The average molecular weight is 282 g/mol. The molecule has 0 aromatic carbocycles. The minimum absolute atomic E-state index is 0.139. The van der Waals surface area contributed by atoms with Crippen LogP contribution in [0.1, 0.15) is 34.3 Å². The standard InChI is InChI=1S/C16H14N2O3/c19-15(14-6-1-2-9-18(14)20)11-12(13-5-3-8-17-13)16-7-4-10-21-16/h1-10,12,17H,11H2/t12-/m0/s1. The molecule has 0 fully saturated rings. The number of nitrogens with zero attached hydrogens (tertiary/aromatic N) is 1. The molecule has 1 N–H and O–H groups in total. The zero-order valence-corrected chi connectivity index (χ0v) is 11.2. The second-order valence-electron chi connectivity index (χ2n) is 4.73. The fourth-order valence-electron chi connectivity index (χ4n) is 2.35. The molecule has 0 aliphatic heterocycles. The molecule has 5 nitrogen and oxygen atoms in total. The zero-order chi connectivity index (χ0) is 14.7. The fourth-order valence-corrected chi connectivity index (χ4v) is 2.35. The van der Waals surface area contributed by atoms with E-state index < -0.39 is 0 Å². The maximum Gasteiger partial charge on any atom is 0.259 e. The molecule has 0 radical (unpaired) electrons. The van der Waals surface area contributed by atoms with Crippen molar-refractivity contribution in [3.05, 3.63) is 83.5 Å². The van der Waals surface area contributed by atoms with Crippen molar-refractivity contribution in [3.63, 3.8) is 0 Å². The monoisotopic (exact) mass is 282 g/mol. The summed E-state index contributed by atoms with van der Waals surface area (Å²) in [7, 11) is 0. The van der Waals surface area contributed by atoms with E-state index >= 15 is 0 Å². The minimum Gasteiger partial charge on any atom is -0.618 e. The van der Waals surface area contributed by atoms with Crippen LogP contribution in [0, 0.1) is 5.21 Å². The van der Waals surface area contributed by atoms with Gasteiger partial charge in [-0.1, -0.05) is 0 Å². The average Bonchev–Trinajstić information content (AvgIpc) is 3.18. The van der Waals surface area contributed by atoms with Crippen LogP contribution in [0.25, 0.3) is 0 Å². The molecule has 0 aliphatic carbocycles. The van der Waals surface area contributed by atoms with E-state index in [4.69, 9.17) is 4.42 Å². The molecule has 3 heterocycles. The van der Waals surface area contributed by atoms with Crippen molar-refractivity contribution < 1.29 is 13.9 Å². The molecule has 0 saturated heterocycles. The maximum atomic E-state index is 12.4. The van der Waals surface area contributed by atoms with Crippen LogP contribution in [0.3, 0.4) is 0 Å². The van der Waals surface area contributed by atoms with Crippen LogP contribution in [-0.4, -0.2) is 10.8 Å². The van der Waals surface area contributed by atoms with Crippen molar-refractivity contribution in [2.45, 2.75) is 12.3 Å². The van der Waals surface area contributed by atoms with Crippen LogP contribution in [0.4, 0.5) is 0 Å². The Labute approximate surface area is 121 Å². The third-order valence-electron chi connectivity index (χ3n) is 3.38. The Morgan fingerprint density at radius 1 is 1.24 bits per heavy atom. The largest absolute Gasteiger partial charge is 0.618 e. The third kappa shape index (κ3) is 2.72. The van der Waals surface area contributed by atoms with E-state index in [0.29, 0.717) is 10.5 Å². The van der Waals surface area contributed by atoms with E-state index in [2.05, 4.69) is 4.98 Å². The second-order valence-corrected chi connectivity index (χ2v) is 4.73. The quantitative estimate of drug-likeness (QED) is 0.444. The van der Waals surface area contributed by atoms with Gasteiger partial charge in [-0.2, -0.15) is 4.73 Å². The first kappa shape index (κ1) is 13.2. The number of aromatic amines is 1. The van der Waals surface area contributed by atoms with Gasteiger partial charge in [-0.15, -0.1) is 0 Å². The van der Waals surface area contributed by atoms with Crippen LogP contribution < -0.4 is 4.73 Å². The summed E-state index contributed by atoms with van der Waals surface area (Å²) in [6, 6.07) is 12.2. The van der Waals surface area contributed by atoms with Gasteiger partial charge < -0.3 is 14.6 Å². The highest BCUT2D eigenvalue weighted by atomic mass is 16.5. The Morgan fingerprint density at radius 2 is 2.14 bits per heavy atom. The maximum absolute atomic E-state index is 12.4. The molecule has 3 aromatic heterocycles. The predicted octanol–water partition coefficient (Wildman–Crippen LogP) is 2.65. The van der Waals surface area contributed by atoms with Crippen LogP contribution >= 0.6 is 0 Å². The fraction of sp³-hybridized carbons (Fsp3) is 0.125. The molecule has 0 unspecified atom stereocenters. The van der Waals surface area contributed by atoms with Crippen molar-refractivity contribution in [3.8, 4) is 0 Å².